The van der Waals surface area contributed by atoms with Gasteiger partial charge in [-0.05, 0) is 30.8 Å². The van der Waals surface area contributed by atoms with Gasteiger partial charge in [0.1, 0.15) is 5.56 Å². The van der Waals surface area contributed by atoms with Crippen molar-refractivity contribution in [2.45, 2.75) is 13.3 Å². The number of anilines is 1. The molecule has 0 unspecified atom stereocenters. The molecule has 1 aromatic carbocycles. The zero-order valence-corrected chi connectivity index (χ0v) is 13.0. The summed E-state index contributed by atoms with van der Waals surface area (Å²) in [6.07, 6.45) is 0.337. The van der Waals surface area contributed by atoms with E-state index in [1.165, 1.54) is 0 Å². The van der Waals surface area contributed by atoms with Crippen molar-refractivity contribution in [3.8, 4) is 5.88 Å². The number of hydrogen-bond acceptors (Lipinski definition) is 5. The lowest BCUT2D eigenvalue weighted by molar-refractivity contribution is 0.447. The average molecular weight is 333 g/mol. The van der Waals surface area contributed by atoms with Gasteiger partial charge in [-0.1, -0.05) is 25.1 Å². The molecule has 0 atom stereocenters. The Hall–Kier alpha value is -2.94. The molecule has 9 heteroatoms. The van der Waals surface area contributed by atoms with Crippen LogP contribution in [0, 0.1) is 0 Å². The van der Waals surface area contributed by atoms with E-state index in [0.717, 1.165) is 5.69 Å². The minimum absolute atomic E-state index is 0.109. The van der Waals surface area contributed by atoms with Crippen molar-refractivity contribution < 1.29 is 5.11 Å². The predicted molar refractivity (Wildman–Crippen MR) is 92.0 cm³/mol. The van der Waals surface area contributed by atoms with E-state index < -0.39 is 17.1 Å². The maximum Gasteiger partial charge on any atom is 0.328 e. The van der Waals surface area contributed by atoms with Crippen LogP contribution in [-0.2, 0) is 0 Å². The first-order valence-corrected chi connectivity index (χ1v) is 7.16. The normalized spacial score (nSPS) is 11.1. The lowest BCUT2D eigenvalue weighted by Gasteiger charge is -2.09. The van der Waals surface area contributed by atoms with Crippen LogP contribution in [0.4, 0.5) is 5.69 Å². The largest absolute Gasteiger partial charge is 0.494 e. The van der Waals surface area contributed by atoms with Crippen molar-refractivity contribution in [2.24, 2.45) is 5.10 Å². The molecule has 2 rings (SSSR count). The van der Waals surface area contributed by atoms with Crippen LogP contribution in [0.3, 0.4) is 0 Å². The molecule has 120 valence electrons. The van der Waals surface area contributed by atoms with Crippen LogP contribution < -0.4 is 22.0 Å². The molecule has 23 heavy (non-hydrogen) atoms. The Morgan fingerprint density at radius 1 is 1.26 bits per heavy atom. The zero-order valence-electron chi connectivity index (χ0n) is 12.2. The summed E-state index contributed by atoms with van der Waals surface area (Å²) < 4.78 is 0. The summed E-state index contributed by atoms with van der Waals surface area (Å²) in [7, 11) is 0. The number of hydrogen-bond donors (Lipinski definition) is 5. The van der Waals surface area contributed by atoms with Crippen molar-refractivity contribution in [2.75, 3.05) is 5.32 Å². The Morgan fingerprint density at radius 2 is 1.96 bits per heavy atom. The molecule has 0 aliphatic heterocycles. The number of aromatic hydroxyl groups is 1. The highest BCUT2D eigenvalue weighted by atomic mass is 32.1. The smallest absolute Gasteiger partial charge is 0.328 e. The van der Waals surface area contributed by atoms with Crippen LogP contribution in [0.25, 0.3) is 0 Å². The zero-order chi connectivity index (χ0) is 16.8. The highest BCUT2D eigenvalue weighted by molar-refractivity contribution is 7.80. The van der Waals surface area contributed by atoms with Gasteiger partial charge in [0, 0.05) is 5.69 Å². The second-order valence-electron chi connectivity index (χ2n) is 4.48. The molecular weight excluding hydrogens is 318 g/mol. The number of rotatable bonds is 4. The van der Waals surface area contributed by atoms with Gasteiger partial charge in [-0.15, -0.1) is 0 Å². The minimum Gasteiger partial charge on any atom is -0.494 e. The molecule has 0 aliphatic carbocycles. The van der Waals surface area contributed by atoms with Crippen molar-refractivity contribution in [1.82, 2.24) is 15.4 Å². The van der Waals surface area contributed by atoms with E-state index >= 15 is 0 Å². The number of nitrogens with zero attached hydrogens (tertiary/aromatic N) is 1. The van der Waals surface area contributed by atoms with E-state index in [1.54, 1.807) is 6.92 Å². The van der Waals surface area contributed by atoms with Gasteiger partial charge in [0.25, 0.3) is 5.56 Å². The highest BCUT2D eigenvalue weighted by Gasteiger charge is 2.14. The molecule has 0 saturated heterocycles. The summed E-state index contributed by atoms with van der Waals surface area (Å²) in [5.41, 5.74) is 2.00. The Kier molecular flexibility index (Phi) is 5.26. The van der Waals surface area contributed by atoms with Crippen LogP contribution in [0.15, 0.2) is 45.0 Å². The van der Waals surface area contributed by atoms with Gasteiger partial charge in [0.15, 0.2) is 5.11 Å². The Bertz CT molecular complexity index is 841. The van der Waals surface area contributed by atoms with E-state index in [9.17, 15) is 14.7 Å². The van der Waals surface area contributed by atoms with E-state index in [0.29, 0.717) is 6.42 Å². The van der Waals surface area contributed by atoms with E-state index in [4.69, 9.17) is 12.2 Å². The molecular formula is C14H15N5O3S. The number of benzene rings is 1. The van der Waals surface area contributed by atoms with Crippen LogP contribution in [0.5, 0.6) is 5.88 Å². The lowest BCUT2D eigenvalue weighted by Crippen LogP contribution is -2.30. The summed E-state index contributed by atoms with van der Waals surface area (Å²) in [6.45, 7) is 1.75. The van der Waals surface area contributed by atoms with Gasteiger partial charge in [-0.3, -0.25) is 20.2 Å². The summed E-state index contributed by atoms with van der Waals surface area (Å²) in [5.74, 6) is -0.539. The van der Waals surface area contributed by atoms with Crippen LogP contribution in [0.1, 0.15) is 18.9 Å². The molecule has 0 fully saturated rings. The Morgan fingerprint density at radius 3 is 2.57 bits per heavy atom. The van der Waals surface area contributed by atoms with Crippen molar-refractivity contribution in [3.63, 3.8) is 0 Å². The average Bonchev–Trinajstić information content (AvgIpc) is 2.50. The SMILES string of the molecule is CCC(=NNC(=S)Nc1ccccc1)c1c(O)[nH]c(=O)[nH]c1=O. The van der Waals surface area contributed by atoms with E-state index in [-0.39, 0.29) is 16.4 Å². The molecule has 0 saturated carbocycles. The Balaban J connectivity index is 2.18. The highest BCUT2D eigenvalue weighted by Crippen LogP contribution is 2.09. The lowest BCUT2D eigenvalue weighted by atomic mass is 10.1. The quantitative estimate of drug-likeness (QED) is 0.321. The van der Waals surface area contributed by atoms with E-state index in [1.807, 2.05) is 35.3 Å². The van der Waals surface area contributed by atoms with Gasteiger partial charge in [0.05, 0.1) is 5.71 Å². The van der Waals surface area contributed by atoms with Crippen molar-refractivity contribution in [1.29, 1.82) is 0 Å². The number of aromatic nitrogens is 2. The third kappa shape index (κ3) is 4.27. The molecule has 1 aromatic heterocycles. The summed E-state index contributed by atoms with van der Waals surface area (Å²) >= 11 is 5.10. The van der Waals surface area contributed by atoms with Crippen LogP contribution in [0.2, 0.25) is 0 Å². The number of thiocarbonyl (C=S) groups is 1. The summed E-state index contributed by atoms with van der Waals surface area (Å²) in [4.78, 5) is 27.0. The fourth-order valence-corrected chi connectivity index (χ4v) is 2.02. The molecule has 2 aromatic rings. The maximum atomic E-state index is 11.8. The van der Waals surface area contributed by atoms with Crippen LogP contribution in [-0.4, -0.2) is 25.9 Å². The minimum atomic E-state index is -0.791. The summed E-state index contributed by atoms with van der Waals surface area (Å²) in [6, 6.07) is 9.24. The van der Waals surface area contributed by atoms with Gasteiger partial charge >= 0.3 is 5.69 Å². The molecule has 8 nitrogen and oxygen atoms in total. The second kappa shape index (κ2) is 7.36. The Labute approximate surface area is 136 Å². The molecule has 0 amide bonds. The first kappa shape index (κ1) is 16.4. The molecule has 0 spiro atoms. The van der Waals surface area contributed by atoms with Gasteiger partial charge in [0.2, 0.25) is 5.88 Å². The molecule has 0 aliphatic rings. The molecule has 0 radical (unpaired) electrons. The first-order valence-electron chi connectivity index (χ1n) is 6.75. The number of hydrazone groups is 1. The standard InChI is InChI=1S/C14H15N5O3S/c1-2-9(10-11(20)16-13(22)17-12(10)21)18-19-14(23)15-8-6-4-3-5-7-8/h3-7H,2H2,1H3,(H2,15,19,23)(H3,16,17,20,21,22). The van der Waals surface area contributed by atoms with Crippen molar-refractivity contribution >= 4 is 28.7 Å². The molecule has 0 bridgehead atoms. The fraction of sp³-hybridized carbons (Fsp3) is 0.143. The van der Waals surface area contributed by atoms with Crippen molar-refractivity contribution in [3.05, 3.63) is 56.7 Å². The maximum absolute atomic E-state index is 11.8. The predicted octanol–water partition coefficient (Wildman–Crippen LogP) is 0.869. The third-order valence-corrected chi connectivity index (χ3v) is 3.06. The van der Waals surface area contributed by atoms with Crippen LogP contribution >= 0.6 is 12.2 Å². The number of aromatic amines is 2. The topological polar surface area (TPSA) is 122 Å². The monoisotopic (exact) mass is 333 g/mol. The fourth-order valence-electron chi connectivity index (χ4n) is 1.85. The van der Waals surface area contributed by atoms with E-state index in [2.05, 4.69) is 20.8 Å². The van der Waals surface area contributed by atoms with Gasteiger partial charge < -0.3 is 10.4 Å². The summed E-state index contributed by atoms with van der Waals surface area (Å²) in [5, 5.41) is 16.9. The molecule has 1 heterocycles. The van der Waals surface area contributed by atoms with Gasteiger partial charge in [-0.2, -0.15) is 5.10 Å². The second-order valence-corrected chi connectivity index (χ2v) is 4.88. The molecule has 5 N–H and O–H groups in total. The third-order valence-electron chi connectivity index (χ3n) is 2.87. The number of para-hydroxylation sites is 1. The number of H-pyrrole nitrogens is 2. The number of nitrogens with one attached hydrogen (secondary N) is 4. The first-order chi connectivity index (χ1) is 11.0. The van der Waals surface area contributed by atoms with Gasteiger partial charge in [-0.25, -0.2) is 4.79 Å².